The zero-order valence-electron chi connectivity index (χ0n) is 13.5. The van der Waals surface area contributed by atoms with Crippen molar-refractivity contribution in [3.05, 3.63) is 28.8 Å². The number of amides is 1. The summed E-state index contributed by atoms with van der Waals surface area (Å²) < 4.78 is 0. The van der Waals surface area contributed by atoms with Gasteiger partial charge in [-0.1, -0.05) is 17.7 Å². The Labute approximate surface area is 142 Å². The average molecular weight is 338 g/mol. The van der Waals surface area contributed by atoms with Crippen molar-refractivity contribution in [2.75, 3.05) is 32.7 Å². The van der Waals surface area contributed by atoms with Crippen molar-refractivity contribution < 1.29 is 9.90 Å². The van der Waals surface area contributed by atoms with E-state index in [4.69, 9.17) is 11.6 Å². The molecule has 5 nitrogen and oxygen atoms in total. The number of phenolic OH excluding ortho intramolecular Hbond substituents is 1. The summed E-state index contributed by atoms with van der Waals surface area (Å²) in [5, 5.41) is 13.4. The molecule has 6 heteroatoms. The van der Waals surface area contributed by atoms with Crippen molar-refractivity contribution in [1.82, 2.24) is 15.1 Å². The Kier molecular flexibility index (Phi) is 5.09. The number of rotatable bonds is 3. The number of nitrogens with one attached hydrogen (secondary N) is 1. The number of carbonyl (C=O) groups is 1. The van der Waals surface area contributed by atoms with Crippen molar-refractivity contribution >= 4 is 17.5 Å². The largest absolute Gasteiger partial charge is 0.506 e. The van der Waals surface area contributed by atoms with E-state index in [1.165, 1.54) is 0 Å². The van der Waals surface area contributed by atoms with Crippen LogP contribution in [-0.2, 0) is 4.79 Å². The van der Waals surface area contributed by atoms with Crippen LogP contribution in [0.15, 0.2) is 18.2 Å². The maximum Gasteiger partial charge on any atom is 0.244 e. The minimum atomic E-state index is -0.323. The minimum absolute atomic E-state index is 0.0523. The lowest BCUT2D eigenvalue weighted by atomic mass is 10.0. The van der Waals surface area contributed by atoms with Gasteiger partial charge in [0.25, 0.3) is 0 Å². The van der Waals surface area contributed by atoms with E-state index in [2.05, 4.69) is 17.1 Å². The lowest BCUT2D eigenvalue weighted by molar-refractivity contribution is -0.136. The van der Waals surface area contributed by atoms with Gasteiger partial charge >= 0.3 is 0 Å². The second kappa shape index (κ2) is 7.07. The van der Waals surface area contributed by atoms with Gasteiger partial charge in [0.15, 0.2) is 0 Å². The summed E-state index contributed by atoms with van der Waals surface area (Å²) in [5.41, 5.74) is 0.860. The van der Waals surface area contributed by atoms with E-state index in [-0.39, 0.29) is 17.7 Å². The van der Waals surface area contributed by atoms with Gasteiger partial charge in [-0.2, -0.15) is 0 Å². The summed E-state index contributed by atoms with van der Waals surface area (Å²) >= 11 is 6.08. The molecule has 1 amide bonds. The fourth-order valence-electron chi connectivity index (χ4n) is 3.51. The molecule has 0 bridgehead atoms. The molecule has 1 aromatic carbocycles. The maximum atomic E-state index is 13.1. The maximum absolute atomic E-state index is 13.1. The molecular weight excluding hydrogens is 314 g/mol. The fourth-order valence-corrected chi connectivity index (χ4v) is 3.70. The van der Waals surface area contributed by atoms with E-state index < -0.39 is 0 Å². The van der Waals surface area contributed by atoms with Crippen molar-refractivity contribution in [1.29, 1.82) is 0 Å². The quantitative estimate of drug-likeness (QED) is 0.886. The van der Waals surface area contributed by atoms with Gasteiger partial charge in [0.05, 0.1) is 5.02 Å². The topological polar surface area (TPSA) is 55.8 Å². The number of hydrogen-bond donors (Lipinski definition) is 2. The van der Waals surface area contributed by atoms with Crippen LogP contribution >= 0.6 is 11.6 Å². The molecular formula is C17H24ClN3O2. The Hall–Kier alpha value is -1.30. The van der Waals surface area contributed by atoms with Crippen LogP contribution in [0.4, 0.5) is 0 Å². The Bertz CT molecular complexity index is 575. The summed E-state index contributed by atoms with van der Waals surface area (Å²) in [6, 6.07) is 5.14. The molecule has 0 saturated carbocycles. The molecule has 2 heterocycles. The van der Waals surface area contributed by atoms with Crippen LogP contribution in [0.2, 0.25) is 5.02 Å². The second-order valence-electron chi connectivity index (χ2n) is 6.50. The van der Waals surface area contributed by atoms with E-state index in [9.17, 15) is 9.90 Å². The van der Waals surface area contributed by atoms with Crippen molar-refractivity contribution in [2.45, 2.75) is 31.8 Å². The summed E-state index contributed by atoms with van der Waals surface area (Å²) in [7, 11) is 0. The first kappa shape index (κ1) is 16.6. The number of piperazine rings is 1. The molecule has 2 N–H and O–H groups in total. The number of phenols is 1. The van der Waals surface area contributed by atoms with Crippen LogP contribution in [0.25, 0.3) is 0 Å². The highest BCUT2D eigenvalue weighted by Gasteiger charge is 2.34. The van der Waals surface area contributed by atoms with Crippen LogP contribution in [0.1, 0.15) is 31.4 Å². The number of carbonyl (C=O) groups excluding carboxylic acids is 1. The predicted octanol–water partition coefficient (Wildman–Crippen LogP) is 2.00. The van der Waals surface area contributed by atoms with Gasteiger partial charge in [0, 0.05) is 38.8 Å². The molecule has 0 aliphatic carbocycles. The van der Waals surface area contributed by atoms with E-state index >= 15 is 0 Å². The summed E-state index contributed by atoms with van der Waals surface area (Å²) in [4.78, 5) is 17.3. The number of hydrogen-bond acceptors (Lipinski definition) is 4. The van der Waals surface area contributed by atoms with Crippen LogP contribution in [0.3, 0.4) is 0 Å². The van der Waals surface area contributed by atoms with Gasteiger partial charge in [-0.25, -0.2) is 0 Å². The highest BCUT2D eigenvalue weighted by atomic mass is 35.5. The molecule has 2 aliphatic heterocycles. The molecule has 2 saturated heterocycles. The average Bonchev–Trinajstić information content (AvgIpc) is 3.05. The Morgan fingerprint density at radius 3 is 2.74 bits per heavy atom. The smallest absolute Gasteiger partial charge is 0.244 e. The molecule has 23 heavy (non-hydrogen) atoms. The second-order valence-corrected chi connectivity index (χ2v) is 6.90. The van der Waals surface area contributed by atoms with Gasteiger partial charge in [-0.05, 0) is 37.5 Å². The Morgan fingerprint density at radius 1 is 1.35 bits per heavy atom. The van der Waals surface area contributed by atoms with Gasteiger partial charge in [0.1, 0.15) is 11.8 Å². The van der Waals surface area contributed by atoms with Gasteiger partial charge in [-0.3, -0.25) is 9.69 Å². The highest BCUT2D eigenvalue weighted by molar-refractivity contribution is 6.32. The fraction of sp³-hybridized carbons (Fsp3) is 0.588. The molecule has 2 unspecified atom stereocenters. The molecule has 3 rings (SSSR count). The van der Waals surface area contributed by atoms with Gasteiger partial charge in [-0.15, -0.1) is 0 Å². The number of halogens is 1. The molecule has 0 radical (unpaired) electrons. The SMILES string of the molecule is CC1CN(C(C(=O)N2CCCC2)c2ccc(O)c(Cl)c2)CCN1. The summed E-state index contributed by atoms with van der Waals surface area (Å²) in [5.74, 6) is 0.204. The van der Waals surface area contributed by atoms with Crippen molar-refractivity contribution in [3.8, 4) is 5.75 Å². The van der Waals surface area contributed by atoms with Gasteiger partial charge in [0.2, 0.25) is 5.91 Å². The molecule has 2 atom stereocenters. The Balaban J connectivity index is 1.91. The first-order valence-corrected chi connectivity index (χ1v) is 8.68. The third-order valence-electron chi connectivity index (χ3n) is 4.70. The number of nitrogens with zero attached hydrogens (tertiary/aromatic N) is 2. The lowest BCUT2D eigenvalue weighted by Crippen LogP contribution is -2.53. The Morgan fingerprint density at radius 2 is 2.09 bits per heavy atom. The number of likely N-dealkylation sites (tertiary alicyclic amines) is 1. The molecule has 0 aromatic heterocycles. The normalized spacial score (nSPS) is 23.9. The van der Waals surface area contributed by atoms with Crippen LogP contribution in [-0.4, -0.2) is 59.6 Å². The van der Waals surface area contributed by atoms with E-state index in [1.807, 2.05) is 11.0 Å². The monoisotopic (exact) mass is 337 g/mol. The summed E-state index contributed by atoms with van der Waals surface area (Å²) in [6.07, 6.45) is 2.15. The van der Waals surface area contributed by atoms with E-state index in [1.54, 1.807) is 12.1 Å². The molecule has 2 fully saturated rings. The third-order valence-corrected chi connectivity index (χ3v) is 5.01. The van der Waals surface area contributed by atoms with E-state index in [0.29, 0.717) is 11.1 Å². The molecule has 1 aromatic rings. The van der Waals surface area contributed by atoms with Crippen molar-refractivity contribution in [3.63, 3.8) is 0 Å². The third kappa shape index (κ3) is 3.62. The van der Waals surface area contributed by atoms with Crippen molar-refractivity contribution in [2.24, 2.45) is 0 Å². The number of aromatic hydroxyl groups is 1. The molecule has 0 spiro atoms. The minimum Gasteiger partial charge on any atom is -0.506 e. The standard InChI is InChI=1S/C17H24ClN3O2/c1-12-11-21(9-6-19-12)16(17(23)20-7-2-3-8-20)13-4-5-15(22)14(18)10-13/h4-5,10,12,16,19,22H,2-3,6-9,11H2,1H3. The zero-order chi connectivity index (χ0) is 16.4. The van der Waals surface area contributed by atoms with Crippen LogP contribution in [0.5, 0.6) is 5.75 Å². The van der Waals surface area contributed by atoms with Gasteiger partial charge < -0.3 is 15.3 Å². The van der Waals surface area contributed by atoms with Crippen LogP contribution in [0, 0.1) is 0 Å². The van der Waals surface area contributed by atoms with Crippen LogP contribution < -0.4 is 5.32 Å². The molecule has 126 valence electrons. The first-order valence-electron chi connectivity index (χ1n) is 8.31. The number of benzene rings is 1. The molecule has 2 aliphatic rings. The first-order chi connectivity index (χ1) is 11.1. The predicted molar refractivity (Wildman–Crippen MR) is 90.7 cm³/mol. The highest BCUT2D eigenvalue weighted by Crippen LogP contribution is 2.31. The lowest BCUT2D eigenvalue weighted by Gasteiger charge is -2.38. The zero-order valence-corrected chi connectivity index (χ0v) is 14.2. The summed E-state index contributed by atoms with van der Waals surface area (Å²) in [6.45, 7) is 6.32. The van der Waals surface area contributed by atoms with E-state index in [0.717, 1.165) is 51.1 Å².